The molecule has 0 bridgehead atoms. The third-order valence-electron chi connectivity index (χ3n) is 3.04. The molecule has 0 fully saturated rings. The van der Waals surface area contributed by atoms with Crippen molar-refractivity contribution in [3.05, 3.63) is 29.8 Å². The minimum absolute atomic E-state index is 0.0107. The summed E-state index contributed by atoms with van der Waals surface area (Å²) in [5, 5.41) is 17.9. The van der Waals surface area contributed by atoms with Crippen LogP contribution in [-0.4, -0.2) is 53.9 Å². The number of aryl methyl sites for hydroxylation is 1. The fourth-order valence-electron chi connectivity index (χ4n) is 1.90. The molecule has 2 N–H and O–H groups in total. The Morgan fingerprint density at radius 1 is 1.40 bits per heavy atom. The molecule has 0 saturated carbocycles. The number of aliphatic carboxylic acids is 1. The van der Waals surface area contributed by atoms with Crippen molar-refractivity contribution in [2.45, 2.75) is 13.8 Å². The maximum atomic E-state index is 10.9. The molecule has 0 radical (unpaired) electrons. The molecule has 0 aliphatic carbocycles. The van der Waals surface area contributed by atoms with Gasteiger partial charge in [-0.1, -0.05) is 19.1 Å². The number of aliphatic hydroxyl groups is 1. The molecule has 0 aromatic heterocycles. The molecule has 1 aromatic rings. The zero-order chi connectivity index (χ0) is 15.0. The van der Waals surface area contributed by atoms with Gasteiger partial charge in [0.2, 0.25) is 0 Å². The van der Waals surface area contributed by atoms with Crippen molar-refractivity contribution in [3.8, 4) is 5.75 Å². The molecule has 0 aliphatic rings. The summed E-state index contributed by atoms with van der Waals surface area (Å²) < 4.78 is 5.63. The van der Waals surface area contributed by atoms with Crippen LogP contribution in [0.5, 0.6) is 5.75 Å². The van der Waals surface area contributed by atoms with Crippen LogP contribution >= 0.6 is 0 Å². The number of ether oxygens (including phenoxy) is 1. The van der Waals surface area contributed by atoms with E-state index in [1.54, 1.807) is 6.92 Å². The van der Waals surface area contributed by atoms with Crippen LogP contribution < -0.4 is 4.74 Å². The number of hydrogen-bond acceptors (Lipinski definition) is 4. The van der Waals surface area contributed by atoms with Gasteiger partial charge in [0.05, 0.1) is 12.5 Å². The Morgan fingerprint density at radius 2 is 2.15 bits per heavy atom. The zero-order valence-electron chi connectivity index (χ0n) is 12.1. The van der Waals surface area contributed by atoms with Gasteiger partial charge < -0.3 is 14.9 Å². The van der Waals surface area contributed by atoms with Gasteiger partial charge in [0.1, 0.15) is 12.4 Å². The van der Waals surface area contributed by atoms with E-state index >= 15 is 0 Å². The number of aliphatic hydroxyl groups excluding tert-OH is 1. The van der Waals surface area contributed by atoms with Crippen molar-refractivity contribution >= 4 is 5.97 Å². The average Bonchev–Trinajstić information content (AvgIpc) is 2.38. The minimum Gasteiger partial charge on any atom is -0.492 e. The van der Waals surface area contributed by atoms with Gasteiger partial charge in [0.15, 0.2) is 0 Å². The molecule has 0 saturated heterocycles. The first-order chi connectivity index (χ1) is 9.52. The lowest BCUT2D eigenvalue weighted by molar-refractivity contribution is -0.141. The molecule has 0 amide bonds. The maximum absolute atomic E-state index is 10.9. The van der Waals surface area contributed by atoms with Gasteiger partial charge in [0.25, 0.3) is 0 Å². The first-order valence-corrected chi connectivity index (χ1v) is 6.78. The van der Waals surface area contributed by atoms with E-state index < -0.39 is 11.9 Å². The summed E-state index contributed by atoms with van der Waals surface area (Å²) in [6, 6.07) is 7.78. The van der Waals surface area contributed by atoms with Crippen LogP contribution in [0.3, 0.4) is 0 Å². The number of benzene rings is 1. The summed E-state index contributed by atoms with van der Waals surface area (Å²) in [5.41, 5.74) is 1.13. The molecular formula is C15H23NO4. The maximum Gasteiger partial charge on any atom is 0.307 e. The molecule has 1 rings (SSSR count). The van der Waals surface area contributed by atoms with Crippen molar-refractivity contribution in [2.75, 3.05) is 32.8 Å². The van der Waals surface area contributed by atoms with Gasteiger partial charge in [-0.15, -0.1) is 0 Å². The number of hydrogen-bond donors (Lipinski definition) is 2. The number of carbonyl (C=O) groups is 1. The molecule has 0 aliphatic heterocycles. The van der Waals surface area contributed by atoms with E-state index in [-0.39, 0.29) is 6.61 Å². The van der Waals surface area contributed by atoms with E-state index in [0.717, 1.165) is 11.3 Å². The lowest BCUT2D eigenvalue weighted by Gasteiger charge is -2.23. The standard InChI is InChI=1S/C15H23NO4/c1-12-4-3-5-14(10-12)20-9-7-16(6-8-17)11-13(2)15(18)19/h3-5,10,13,17H,6-9,11H2,1-2H3,(H,18,19). The Balaban J connectivity index is 2.40. The number of carboxylic acid groups (broad SMARTS) is 1. The van der Waals surface area contributed by atoms with Gasteiger partial charge in [-0.3, -0.25) is 9.69 Å². The SMILES string of the molecule is Cc1cccc(OCCN(CCO)CC(C)C(=O)O)c1. The predicted molar refractivity (Wildman–Crippen MR) is 77.0 cm³/mol. The normalized spacial score (nSPS) is 12.4. The molecule has 1 aromatic carbocycles. The Morgan fingerprint density at radius 3 is 2.75 bits per heavy atom. The number of rotatable bonds is 9. The van der Waals surface area contributed by atoms with Gasteiger partial charge >= 0.3 is 5.97 Å². The first-order valence-electron chi connectivity index (χ1n) is 6.78. The largest absolute Gasteiger partial charge is 0.492 e. The smallest absolute Gasteiger partial charge is 0.307 e. The van der Waals surface area contributed by atoms with Gasteiger partial charge in [-0.25, -0.2) is 0 Å². The van der Waals surface area contributed by atoms with E-state index in [1.807, 2.05) is 36.1 Å². The number of nitrogens with zero attached hydrogens (tertiary/aromatic N) is 1. The summed E-state index contributed by atoms with van der Waals surface area (Å²) in [6.45, 7) is 5.59. The second-order valence-corrected chi connectivity index (χ2v) is 4.93. The van der Waals surface area contributed by atoms with E-state index in [2.05, 4.69) is 0 Å². The molecule has 0 spiro atoms. The average molecular weight is 281 g/mol. The molecule has 0 heterocycles. The quantitative estimate of drug-likeness (QED) is 0.716. The summed E-state index contributed by atoms with van der Waals surface area (Å²) in [5.74, 6) is -0.478. The van der Waals surface area contributed by atoms with Crippen molar-refractivity contribution < 1.29 is 19.7 Å². The van der Waals surface area contributed by atoms with Crippen LogP contribution in [0.1, 0.15) is 12.5 Å². The van der Waals surface area contributed by atoms with E-state index in [4.69, 9.17) is 14.9 Å². The van der Waals surface area contributed by atoms with E-state index in [9.17, 15) is 4.79 Å². The van der Waals surface area contributed by atoms with Gasteiger partial charge in [0, 0.05) is 19.6 Å². The van der Waals surface area contributed by atoms with Crippen LogP contribution in [0.15, 0.2) is 24.3 Å². The second-order valence-electron chi connectivity index (χ2n) is 4.93. The van der Waals surface area contributed by atoms with Crippen molar-refractivity contribution in [2.24, 2.45) is 5.92 Å². The Hall–Kier alpha value is -1.59. The third-order valence-corrected chi connectivity index (χ3v) is 3.04. The number of carboxylic acids is 1. The Labute approximate surface area is 119 Å². The highest BCUT2D eigenvalue weighted by Crippen LogP contribution is 2.12. The predicted octanol–water partition coefficient (Wildman–Crippen LogP) is 1.39. The summed E-state index contributed by atoms with van der Waals surface area (Å²) in [6.07, 6.45) is 0. The fourth-order valence-corrected chi connectivity index (χ4v) is 1.90. The van der Waals surface area contributed by atoms with Crippen LogP contribution in [-0.2, 0) is 4.79 Å². The summed E-state index contributed by atoms with van der Waals surface area (Å²) in [7, 11) is 0. The monoisotopic (exact) mass is 281 g/mol. The topological polar surface area (TPSA) is 70.0 Å². The van der Waals surface area contributed by atoms with Crippen LogP contribution in [0, 0.1) is 12.8 Å². The van der Waals surface area contributed by atoms with Crippen LogP contribution in [0.25, 0.3) is 0 Å². The highest BCUT2D eigenvalue weighted by molar-refractivity contribution is 5.69. The molecule has 1 unspecified atom stereocenters. The van der Waals surface area contributed by atoms with Crippen LogP contribution in [0.2, 0.25) is 0 Å². The van der Waals surface area contributed by atoms with Crippen LogP contribution in [0.4, 0.5) is 0 Å². The summed E-state index contributed by atoms with van der Waals surface area (Å²) in [4.78, 5) is 12.7. The lowest BCUT2D eigenvalue weighted by Crippen LogP contribution is -2.36. The fraction of sp³-hybridized carbons (Fsp3) is 0.533. The first kappa shape index (κ1) is 16.5. The highest BCUT2D eigenvalue weighted by atomic mass is 16.5. The molecule has 1 atom stereocenters. The van der Waals surface area contributed by atoms with Crippen molar-refractivity contribution in [3.63, 3.8) is 0 Å². The lowest BCUT2D eigenvalue weighted by atomic mass is 10.1. The zero-order valence-corrected chi connectivity index (χ0v) is 12.1. The molecule has 5 heteroatoms. The Kier molecular flexibility index (Phi) is 7.04. The second kappa shape index (κ2) is 8.55. The minimum atomic E-state index is -0.826. The van der Waals surface area contributed by atoms with Crippen molar-refractivity contribution in [1.82, 2.24) is 4.90 Å². The third kappa shape index (κ3) is 6.04. The van der Waals surface area contributed by atoms with Gasteiger partial charge in [-0.2, -0.15) is 0 Å². The van der Waals surface area contributed by atoms with Gasteiger partial charge in [-0.05, 0) is 24.6 Å². The van der Waals surface area contributed by atoms with E-state index in [0.29, 0.717) is 26.2 Å². The molecule has 112 valence electrons. The molecular weight excluding hydrogens is 258 g/mol. The van der Waals surface area contributed by atoms with E-state index in [1.165, 1.54) is 0 Å². The molecule has 5 nitrogen and oxygen atoms in total. The molecule has 20 heavy (non-hydrogen) atoms. The summed E-state index contributed by atoms with van der Waals surface area (Å²) >= 11 is 0. The Bertz CT molecular complexity index is 422. The van der Waals surface area contributed by atoms with Crippen molar-refractivity contribution in [1.29, 1.82) is 0 Å². The highest BCUT2D eigenvalue weighted by Gasteiger charge is 2.15.